The van der Waals surface area contributed by atoms with Gasteiger partial charge in [0.25, 0.3) is 0 Å². The van der Waals surface area contributed by atoms with Crippen LogP contribution in [0.25, 0.3) is 0 Å². The number of halogens is 2. The first-order valence-electron chi connectivity index (χ1n) is 4.45. The SMILES string of the molecule is C[C@@H](O)CNS(=O)(=O)c1cc(Br)ccc1Br. The molecule has 0 radical (unpaired) electrons. The van der Waals surface area contributed by atoms with Gasteiger partial charge in [-0.3, -0.25) is 0 Å². The van der Waals surface area contributed by atoms with Gasteiger partial charge in [0.2, 0.25) is 10.0 Å². The highest BCUT2D eigenvalue weighted by Gasteiger charge is 2.18. The van der Waals surface area contributed by atoms with Gasteiger partial charge in [0.05, 0.1) is 11.0 Å². The maximum Gasteiger partial charge on any atom is 0.241 e. The maximum atomic E-state index is 11.8. The van der Waals surface area contributed by atoms with Crippen molar-refractivity contribution >= 4 is 41.9 Å². The fourth-order valence-corrected chi connectivity index (χ4v) is 3.61. The lowest BCUT2D eigenvalue weighted by Crippen LogP contribution is -2.30. The van der Waals surface area contributed by atoms with E-state index in [1.54, 1.807) is 12.1 Å². The summed E-state index contributed by atoms with van der Waals surface area (Å²) in [6.07, 6.45) is -0.722. The molecule has 0 aliphatic carbocycles. The van der Waals surface area contributed by atoms with Gasteiger partial charge in [0.1, 0.15) is 0 Å². The van der Waals surface area contributed by atoms with Gasteiger partial charge in [0.15, 0.2) is 0 Å². The minimum absolute atomic E-state index is 0.0126. The van der Waals surface area contributed by atoms with Gasteiger partial charge in [-0.05, 0) is 41.1 Å². The van der Waals surface area contributed by atoms with Crippen molar-refractivity contribution in [2.24, 2.45) is 0 Å². The molecule has 0 fully saturated rings. The molecule has 0 aliphatic rings. The van der Waals surface area contributed by atoms with Crippen LogP contribution in [-0.2, 0) is 10.0 Å². The first kappa shape index (κ1) is 14.1. The van der Waals surface area contributed by atoms with Crippen molar-refractivity contribution in [2.75, 3.05) is 6.54 Å². The second kappa shape index (κ2) is 5.59. The molecule has 16 heavy (non-hydrogen) atoms. The summed E-state index contributed by atoms with van der Waals surface area (Å²) >= 11 is 6.38. The molecule has 7 heteroatoms. The third-order valence-electron chi connectivity index (χ3n) is 1.75. The Morgan fingerprint density at radius 3 is 2.62 bits per heavy atom. The summed E-state index contributed by atoms with van der Waals surface area (Å²) in [5.41, 5.74) is 0. The summed E-state index contributed by atoms with van der Waals surface area (Å²) < 4.78 is 27.1. The van der Waals surface area contributed by atoms with Crippen LogP contribution >= 0.6 is 31.9 Å². The zero-order chi connectivity index (χ0) is 12.3. The highest BCUT2D eigenvalue weighted by atomic mass is 79.9. The minimum Gasteiger partial charge on any atom is -0.392 e. The Bertz CT molecular complexity index is 474. The van der Waals surface area contributed by atoms with Gasteiger partial charge in [-0.15, -0.1) is 0 Å². The normalized spacial score (nSPS) is 13.8. The van der Waals surface area contributed by atoms with E-state index in [1.807, 2.05) is 0 Å². The number of hydrogen-bond acceptors (Lipinski definition) is 3. The van der Waals surface area contributed by atoms with Crippen LogP contribution in [-0.4, -0.2) is 26.2 Å². The van der Waals surface area contributed by atoms with E-state index in [0.29, 0.717) is 8.95 Å². The van der Waals surface area contributed by atoms with Crippen molar-refractivity contribution in [3.05, 3.63) is 27.1 Å². The molecule has 1 aromatic carbocycles. The molecule has 0 heterocycles. The minimum atomic E-state index is -3.60. The van der Waals surface area contributed by atoms with E-state index in [0.717, 1.165) is 0 Å². The fourth-order valence-electron chi connectivity index (χ4n) is 0.991. The summed E-state index contributed by atoms with van der Waals surface area (Å²) in [7, 11) is -3.60. The molecule has 4 nitrogen and oxygen atoms in total. The van der Waals surface area contributed by atoms with Crippen LogP contribution in [0.3, 0.4) is 0 Å². The van der Waals surface area contributed by atoms with Crippen LogP contribution in [0.4, 0.5) is 0 Å². The Balaban J connectivity index is 3.02. The van der Waals surface area contributed by atoms with E-state index >= 15 is 0 Å². The van der Waals surface area contributed by atoms with Gasteiger partial charge in [-0.2, -0.15) is 0 Å². The third-order valence-corrected chi connectivity index (χ3v) is 4.66. The molecule has 90 valence electrons. The maximum absolute atomic E-state index is 11.8. The molecule has 0 unspecified atom stereocenters. The summed E-state index contributed by atoms with van der Waals surface area (Å²) in [6.45, 7) is 1.50. The van der Waals surface area contributed by atoms with Crippen LogP contribution in [0.2, 0.25) is 0 Å². The van der Waals surface area contributed by atoms with Crippen molar-refractivity contribution in [1.82, 2.24) is 4.72 Å². The third kappa shape index (κ3) is 3.81. The molecular weight excluding hydrogens is 362 g/mol. The molecule has 0 saturated carbocycles. The van der Waals surface area contributed by atoms with Crippen molar-refractivity contribution < 1.29 is 13.5 Å². The highest BCUT2D eigenvalue weighted by Crippen LogP contribution is 2.25. The number of aliphatic hydroxyl groups is 1. The second-order valence-electron chi connectivity index (χ2n) is 3.28. The molecule has 0 aromatic heterocycles. The van der Waals surface area contributed by atoms with Gasteiger partial charge >= 0.3 is 0 Å². The van der Waals surface area contributed by atoms with Gasteiger partial charge < -0.3 is 5.11 Å². The first-order chi connectivity index (χ1) is 7.33. The molecule has 1 aromatic rings. The Morgan fingerprint density at radius 2 is 2.06 bits per heavy atom. The Labute approximate surface area is 111 Å². The monoisotopic (exact) mass is 371 g/mol. The highest BCUT2D eigenvalue weighted by molar-refractivity contribution is 9.11. The van der Waals surface area contributed by atoms with Gasteiger partial charge in [-0.1, -0.05) is 15.9 Å². The molecule has 1 atom stereocenters. The quantitative estimate of drug-likeness (QED) is 0.847. The number of hydrogen-bond donors (Lipinski definition) is 2. The van der Waals surface area contributed by atoms with E-state index in [-0.39, 0.29) is 11.4 Å². The van der Waals surface area contributed by atoms with Gasteiger partial charge in [-0.25, -0.2) is 13.1 Å². The van der Waals surface area contributed by atoms with Crippen LogP contribution in [0, 0.1) is 0 Å². The lowest BCUT2D eigenvalue weighted by atomic mass is 10.4. The van der Waals surface area contributed by atoms with Crippen molar-refractivity contribution in [2.45, 2.75) is 17.9 Å². The van der Waals surface area contributed by atoms with Crippen molar-refractivity contribution in [3.63, 3.8) is 0 Å². The first-order valence-corrected chi connectivity index (χ1v) is 7.52. The number of rotatable bonds is 4. The summed E-state index contributed by atoms with van der Waals surface area (Å²) in [4.78, 5) is 0.141. The molecule has 1 rings (SSSR count). The average Bonchev–Trinajstić information content (AvgIpc) is 2.19. The fraction of sp³-hybridized carbons (Fsp3) is 0.333. The number of nitrogens with one attached hydrogen (secondary N) is 1. The molecule has 2 N–H and O–H groups in total. The van der Waals surface area contributed by atoms with Crippen LogP contribution in [0.15, 0.2) is 32.0 Å². The van der Waals surface area contributed by atoms with E-state index in [9.17, 15) is 8.42 Å². The zero-order valence-electron chi connectivity index (χ0n) is 8.44. The lowest BCUT2D eigenvalue weighted by Gasteiger charge is -2.10. The lowest BCUT2D eigenvalue weighted by molar-refractivity contribution is 0.198. The Kier molecular flexibility index (Phi) is 4.93. The van der Waals surface area contributed by atoms with E-state index in [4.69, 9.17) is 5.11 Å². The largest absolute Gasteiger partial charge is 0.392 e. The standard InChI is InChI=1S/C9H11Br2NO3S/c1-6(13)5-12-16(14,15)9-4-7(10)2-3-8(9)11/h2-4,6,12-13H,5H2,1H3/t6-/m1/s1. The van der Waals surface area contributed by atoms with E-state index in [1.165, 1.54) is 13.0 Å². The molecule has 0 saturated heterocycles. The number of sulfonamides is 1. The second-order valence-corrected chi connectivity index (χ2v) is 6.78. The summed E-state index contributed by atoms with van der Waals surface area (Å²) in [6, 6.07) is 4.87. The zero-order valence-corrected chi connectivity index (χ0v) is 12.4. The van der Waals surface area contributed by atoms with Crippen molar-refractivity contribution in [1.29, 1.82) is 0 Å². The van der Waals surface area contributed by atoms with E-state index in [2.05, 4.69) is 36.6 Å². The Hall–Kier alpha value is 0.0500. The molecule has 0 amide bonds. The number of aliphatic hydroxyl groups excluding tert-OH is 1. The molecular formula is C9H11Br2NO3S. The van der Waals surface area contributed by atoms with Gasteiger partial charge in [0, 0.05) is 15.5 Å². The predicted octanol–water partition coefficient (Wildman–Crippen LogP) is 1.87. The average molecular weight is 373 g/mol. The molecule has 0 aliphatic heterocycles. The topological polar surface area (TPSA) is 66.4 Å². The van der Waals surface area contributed by atoms with Crippen LogP contribution in [0.1, 0.15) is 6.92 Å². The smallest absolute Gasteiger partial charge is 0.241 e. The molecule has 0 bridgehead atoms. The Morgan fingerprint density at radius 1 is 1.44 bits per heavy atom. The van der Waals surface area contributed by atoms with Crippen molar-refractivity contribution in [3.8, 4) is 0 Å². The predicted molar refractivity (Wildman–Crippen MR) is 68.7 cm³/mol. The molecule has 0 spiro atoms. The number of benzene rings is 1. The summed E-state index contributed by atoms with van der Waals surface area (Å²) in [5.74, 6) is 0. The van der Waals surface area contributed by atoms with E-state index < -0.39 is 16.1 Å². The van der Waals surface area contributed by atoms with Crippen LogP contribution in [0.5, 0.6) is 0 Å². The summed E-state index contributed by atoms with van der Waals surface area (Å²) in [5, 5.41) is 9.04. The van der Waals surface area contributed by atoms with Crippen LogP contribution < -0.4 is 4.72 Å².